The molecule has 1 aliphatic rings. The molecule has 0 amide bonds. The second kappa shape index (κ2) is 17.9. The molecule has 4 aromatic rings. The summed E-state index contributed by atoms with van der Waals surface area (Å²) >= 11 is 15.2. The molecule has 1 saturated heterocycles. The van der Waals surface area contributed by atoms with Crippen LogP contribution in [0.15, 0.2) is 78.1 Å². The number of aryl methyl sites for hydroxylation is 1. The van der Waals surface area contributed by atoms with Gasteiger partial charge in [0.15, 0.2) is 0 Å². The molecule has 1 aromatic heterocycles. The Bertz CT molecular complexity index is 1590. The van der Waals surface area contributed by atoms with Gasteiger partial charge in [-0.05, 0) is 99.6 Å². The molecule has 48 heavy (non-hydrogen) atoms. The van der Waals surface area contributed by atoms with Crippen LogP contribution in [0.2, 0.25) is 10.0 Å². The van der Waals surface area contributed by atoms with E-state index in [1.165, 1.54) is 30.4 Å². The molecule has 1 unspecified atom stereocenters. The van der Waals surface area contributed by atoms with Crippen LogP contribution in [0.5, 0.6) is 11.5 Å². The van der Waals surface area contributed by atoms with Gasteiger partial charge in [0.2, 0.25) is 0 Å². The van der Waals surface area contributed by atoms with Gasteiger partial charge in [0.05, 0.1) is 41.3 Å². The molecule has 1 N–H and O–H groups in total. The molecule has 0 bridgehead atoms. The van der Waals surface area contributed by atoms with Crippen LogP contribution in [0.1, 0.15) is 36.0 Å². The van der Waals surface area contributed by atoms with Gasteiger partial charge in [0.25, 0.3) is 0 Å². The van der Waals surface area contributed by atoms with Gasteiger partial charge in [-0.2, -0.15) is 13.2 Å². The zero-order chi connectivity index (χ0) is 34.7. The van der Waals surface area contributed by atoms with Crippen molar-refractivity contribution in [3.05, 3.63) is 99.9 Å². The first kappa shape index (κ1) is 37.4. The molecule has 0 aliphatic carbocycles. The average molecular weight is 723 g/mol. The van der Waals surface area contributed by atoms with Crippen molar-refractivity contribution in [1.29, 1.82) is 0 Å². The number of benzene rings is 3. The number of hydrogen-bond acceptors (Lipinski definition) is 8. The van der Waals surface area contributed by atoms with Gasteiger partial charge < -0.3 is 19.7 Å². The molecule has 1 fully saturated rings. The summed E-state index contributed by atoms with van der Waals surface area (Å²) in [5.74, 6) is 2.37. The number of methoxy groups -OCH3 is 2. The first-order valence-corrected chi connectivity index (χ1v) is 17.0. The van der Waals surface area contributed by atoms with Crippen LogP contribution < -0.4 is 24.0 Å². The van der Waals surface area contributed by atoms with Crippen molar-refractivity contribution in [2.75, 3.05) is 50.6 Å². The number of hydrogen-bond donors (Lipinski definition) is 1. The van der Waals surface area contributed by atoms with Crippen LogP contribution in [0, 0.1) is 5.92 Å². The Morgan fingerprint density at radius 3 is 2.42 bits per heavy atom. The lowest BCUT2D eigenvalue weighted by Crippen LogP contribution is -2.35. The quantitative estimate of drug-likeness (QED) is 0.154. The summed E-state index contributed by atoms with van der Waals surface area (Å²) in [6.45, 7) is 2.06. The highest BCUT2D eigenvalue weighted by Crippen LogP contribution is 2.42. The maximum absolute atomic E-state index is 13.2. The Kier molecular flexibility index (Phi) is 13.9. The predicted molar refractivity (Wildman–Crippen MR) is 190 cm³/mol. The second-order valence-corrected chi connectivity index (χ2v) is 13.1. The molecule has 1 atom stereocenters. The number of anilines is 2. The summed E-state index contributed by atoms with van der Waals surface area (Å²) in [5.41, 5.74) is 1.94. The molecular weight excluding hydrogens is 682 g/mol. The van der Waals surface area contributed by atoms with E-state index in [4.69, 9.17) is 32.7 Å². The highest BCUT2D eigenvalue weighted by molar-refractivity contribution is 8.00. The van der Waals surface area contributed by atoms with Gasteiger partial charge in [0.1, 0.15) is 23.6 Å². The van der Waals surface area contributed by atoms with E-state index in [9.17, 15) is 13.2 Å². The SMILES string of the molecule is CNC.COc1ccc(CN(Sc2c(Cl)cc(N3CCCC(CCc4cccc(C(F)(F)F)c4)C3)cc2Cl)c2ccncn2)c(OC)c1. The fraction of sp³-hybridized carbons (Fsp3) is 0.371. The highest BCUT2D eigenvalue weighted by atomic mass is 35.5. The fourth-order valence-electron chi connectivity index (χ4n) is 5.46. The van der Waals surface area contributed by atoms with Crippen LogP contribution in [0.4, 0.5) is 24.7 Å². The van der Waals surface area contributed by atoms with E-state index >= 15 is 0 Å². The largest absolute Gasteiger partial charge is 0.497 e. The van der Waals surface area contributed by atoms with Crippen LogP contribution in [0.3, 0.4) is 0 Å². The third-order valence-electron chi connectivity index (χ3n) is 7.79. The number of nitrogens with zero attached hydrogens (tertiary/aromatic N) is 4. The Labute approximate surface area is 294 Å². The first-order valence-electron chi connectivity index (χ1n) is 15.5. The van der Waals surface area contributed by atoms with E-state index < -0.39 is 11.7 Å². The van der Waals surface area contributed by atoms with E-state index in [2.05, 4.69) is 20.2 Å². The van der Waals surface area contributed by atoms with Crippen LogP contribution >= 0.6 is 35.1 Å². The minimum atomic E-state index is -4.34. The lowest BCUT2D eigenvalue weighted by atomic mass is 9.91. The molecule has 3 aromatic carbocycles. The minimum absolute atomic E-state index is 0.340. The normalized spacial score (nSPS) is 14.6. The van der Waals surface area contributed by atoms with Crippen molar-refractivity contribution in [1.82, 2.24) is 15.3 Å². The molecule has 0 radical (unpaired) electrons. The summed E-state index contributed by atoms with van der Waals surface area (Å²) in [5, 5.41) is 3.77. The van der Waals surface area contributed by atoms with Crippen molar-refractivity contribution in [2.24, 2.45) is 5.92 Å². The fourth-order valence-corrected chi connectivity index (χ4v) is 7.06. The van der Waals surface area contributed by atoms with Crippen molar-refractivity contribution in [2.45, 2.75) is 43.3 Å². The summed E-state index contributed by atoms with van der Waals surface area (Å²) < 4.78 is 52.4. The van der Waals surface area contributed by atoms with Crippen molar-refractivity contribution in [3.63, 3.8) is 0 Å². The molecule has 0 spiro atoms. The Balaban J connectivity index is 0.00000167. The van der Waals surface area contributed by atoms with Gasteiger partial charge in [0, 0.05) is 36.6 Å². The molecule has 258 valence electrons. The molecule has 0 saturated carbocycles. The number of alkyl halides is 3. The number of nitrogens with one attached hydrogen (secondary N) is 1. The zero-order valence-electron chi connectivity index (χ0n) is 27.4. The van der Waals surface area contributed by atoms with Crippen molar-refractivity contribution in [3.8, 4) is 11.5 Å². The topological polar surface area (TPSA) is 62.8 Å². The Hall–Kier alpha value is -3.38. The number of aromatic nitrogens is 2. The Morgan fingerprint density at radius 1 is 1.02 bits per heavy atom. The first-order chi connectivity index (χ1) is 23.1. The van der Waals surface area contributed by atoms with Gasteiger partial charge in [-0.25, -0.2) is 9.97 Å². The van der Waals surface area contributed by atoms with Crippen LogP contribution in [0.25, 0.3) is 0 Å². The molecule has 1 aliphatic heterocycles. The van der Waals surface area contributed by atoms with Gasteiger partial charge in [-0.15, -0.1) is 0 Å². The lowest BCUT2D eigenvalue weighted by Gasteiger charge is -2.35. The monoisotopic (exact) mass is 721 g/mol. The number of halogens is 5. The van der Waals surface area contributed by atoms with Crippen LogP contribution in [-0.4, -0.2) is 51.4 Å². The summed E-state index contributed by atoms with van der Waals surface area (Å²) in [7, 11) is 6.97. The van der Waals surface area contributed by atoms with Gasteiger partial charge in [-0.1, -0.05) is 41.4 Å². The van der Waals surface area contributed by atoms with Gasteiger partial charge in [-0.3, -0.25) is 4.31 Å². The predicted octanol–water partition coefficient (Wildman–Crippen LogP) is 9.22. The number of piperidine rings is 1. The summed E-state index contributed by atoms with van der Waals surface area (Å²) in [6.07, 6.45) is 2.22. The standard InChI is InChI=1S/C33H33Cl2F3N4O2S.C2H7N/c1-43-27-11-10-24(30(18-27)44-2)20-42(31-12-13-39-21-40-31)45-32-28(34)16-26(17-29(32)35)41-14-4-6-23(19-41)9-8-22-5-3-7-25(15-22)33(36,37)38;1-3-2/h3,5,7,10-13,15-18,21,23H,4,6,8-9,14,19-20H2,1-2H3;3H,1-2H3. The smallest absolute Gasteiger partial charge is 0.416 e. The summed E-state index contributed by atoms with van der Waals surface area (Å²) in [4.78, 5) is 11.5. The van der Waals surface area contributed by atoms with Crippen molar-refractivity contribution < 1.29 is 22.6 Å². The van der Waals surface area contributed by atoms with Crippen molar-refractivity contribution >= 4 is 46.7 Å². The minimum Gasteiger partial charge on any atom is -0.497 e. The summed E-state index contributed by atoms with van der Waals surface area (Å²) in [6, 6.07) is 16.9. The Morgan fingerprint density at radius 2 is 1.77 bits per heavy atom. The second-order valence-electron chi connectivity index (χ2n) is 11.3. The average Bonchev–Trinajstić information content (AvgIpc) is 3.09. The van der Waals surface area contributed by atoms with Crippen LogP contribution in [-0.2, 0) is 19.1 Å². The van der Waals surface area contributed by atoms with E-state index in [1.807, 2.05) is 54.8 Å². The molecule has 7 nitrogen and oxygen atoms in total. The lowest BCUT2D eigenvalue weighted by molar-refractivity contribution is -0.137. The highest BCUT2D eigenvalue weighted by Gasteiger charge is 2.30. The molecular formula is C35H40Cl2F3N5O2S. The molecule has 2 heterocycles. The third-order valence-corrected chi connectivity index (χ3v) is 9.77. The van der Waals surface area contributed by atoms with Gasteiger partial charge >= 0.3 is 6.18 Å². The third kappa shape index (κ3) is 10.3. The number of rotatable bonds is 11. The van der Waals surface area contributed by atoms with E-state index in [-0.39, 0.29) is 0 Å². The zero-order valence-corrected chi connectivity index (χ0v) is 29.7. The number of ether oxygens (including phenoxy) is 2. The molecule has 13 heteroatoms. The molecule has 5 rings (SSSR count). The maximum Gasteiger partial charge on any atom is 0.416 e. The van der Waals surface area contributed by atoms with E-state index in [0.717, 1.165) is 49.7 Å². The van der Waals surface area contributed by atoms with E-state index in [0.29, 0.717) is 56.7 Å². The van der Waals surface area contributed by atoms with E-state index in [1.54, 1.807) is 26.5 Å². The maximum atomic E-state index is 13.2.